The van der Waals surface area contributed by atoms with Crippen LogP contribution in [0, 0.1) is 5.41 Å². The molecule has 0 bridgehead atoms. The Morgan fingerprint density at radius 1 is 1.20 bits per heavy atom. The van der Waals surface area contributed by atoms with E-state index in [4.69, 9.17) is 5.11 Å². The van der Waals surface area contributed by atoms with Crippen LogP contribution in [0.15, 0.2) is 0 Å². The predicted octanol–water partition coefficient (Wildman–Crippen LogP) is 0.701. The normalized spacial score (nSPS) is 14.8. The average Bonchev–Trinajstić information content (AvgIpc) is 2.41. The van der Waals surface area contributed by atoms with Gasteiger partial charge >= 0.3 is 12.0 Å². The summed E-state index contributed by atoms with van der Waals surface area (Å²) in [5.41, 5.74) is -1.01. The predicted molar refractivity (Wildman–Crippen MR) is 75.3 cm³/mol. The second-order valence-electron chi connectivity index (χ2n) is 5.06. The van der Waals surface area contributed by atoms with Crippen LogP contribution < -0.4 is 16.0 Å². The number of carbonyl (C=O) groups excluding carboxylic acids is 2. The van der Waals surface area contributed by atoms with Gasteiger partial charge in [-0.2, -0.15) is 0 Å². The molecular weight excluding hydrogens is 262 g/mol. The minimum Gasteiger partial charge on any atom is -0.481 e. The monoisotopic (exact) mass is 287 g/mol. The number of rotatable bonds is 8. The molecule has 0 aromatic carbocycles. The lowest BCUT2D eigenvalue weighted by atomic mass is 9.88. The van der Waals surface area contributed by atoms with E-state index in [0.717, 1.165) is 6.42 Å². The first kappa shape index (κ1) is 18.2. The molecule has 0 aliphatic heterocycles. The van der Waals surface area contributed by atoms with E-state index in [-0.39, 0.29) is 12.5 Å². The van der Waals surface area contributed by atoms with E-state index in [9.17, 15) is 14.4 Å². The average molecular weight is 287 g/mol. The molecule has 7 nitrogen and oxygen atoms in total. The molecule has 0 saturated carbocycles. The first-order valence-corrected chi connectivity index (χ1v) is 6.82. The molecule has 116 valence electrons. The molecule has 0 heterocycles. The van der Waals surface area contributed by atoms with E-state index in [1.807, 2.05) is 6.92 Å². The SMILES string of the molecule is CCCNC(=O)C(C)NC(=O)NCC(C)(CC)C(=O)O. The Hall–Kier alpha value is -1.79. The third-order valence-electron chi connectivity index (χ3n) is 3.23. The molecule has 0 aliphatic carbocycles. The van der Waals surface area contributed by atoms with Gasteiger partial charge in [0, 0.05) is 13.1 Å². The van der Waals surface area contributed by atoms with Crippen LogP contribution in [-0.2, 0) is 9.59 Å². The van der Waals surface area contributed by atoms with Crippen LogP contribution in [0.4, 0.5) is 4.79 Å². The molecule has 20 heavy (non-hydrogen) atoms. The lowest BCUT2D eigenvalue weighted by molar-refractivity contribution is -0.147. The molecule has 4 N–H and O–H groups in total. The summed E-state index contributed by atoms with van der Waals surface area (Å²) < 4.78 is 0. The van der Waals surface area contributed by atoms with Gasteiger partial charge in [0.2, 0.25) is 5.91 Å². The highest BCUT2D eigenvalue weighted by atomic mass is 16.4. The van der Waals surface area contributed by atoms with E-state index in [1.165, 1.54) is 0 Å². The molecule has 7 heteroatoms. The summed E-state index contributed by atoms with van der Waals surface area (Å²) in [6.07, 6.45) is 1.22. The number of amides is 3. The van der Waals surface area contributed by atoms with Crippen molar-refractivity contribution >= 4 is 17.9 Å². The van der Waals surface area contributed by atoms with Crippen LogP contribution >= 0.6 is 0 Å². The third-order valence-corrected chi connectivity index (χ3v) is 3.23. The lowest BCUT2D eigenvalue weighted by Crippen LogP contribution is -2.51. The Kier molecular flexibility index (Phi) is 7.64. The summed E-state index contributed by atoms with van der Waals surface area (Å²) in [6.45, 7) is 7.37. The standard InChI is InChI=1S/C13H25N3O4/c1-5-7-14-10(17)9(3)16-12(20)15-8-13(4,6-2)11(18)19/h9H,5-8H2,1-4H3,(H,14,17)(H,18,19)(H2,15,16,20). The Morgan fingerprint density at radius 2 is 1.80 bits per heavy atom. The molecule has 0 radical (unpaired) electrons. The van der Waals surface area contributed by atoms with Gasteiger partial charge in [-0.25, -0.2) is 4.79 Å². The molecule has 0 spiro atoms. The van der Waals surface area contributed by atoms with Gasteiger partial charge in [-0.1, -0.05) is 13.8 Å². The first-order chi connectivity index (χ1) is 9.26. The number of carboxylic acids is 1. The first-order valence-electron chi connectivity index (χ1n) is 6.82. The van der Waals surface area contributed by atoms with Gasteiger partial charge in [0.05, 0.1) is 5.41 Å². The van der Waals surface area contributed by atoms with Crippen LogP contribution in [0.3, 0.4) is 0 Å². The van der Waals surface area contributed by atoms with Crippen molar-refractivity contribution in [3.63, 3.8) is 0 Å². The van der Waals surface area contributed by atoms with Crippen LogP contribution in [0.25, 0.3) is 0 Å². The van der Waals surface area contributed by atoms with Gasteiger partial charge < -0.3 is 21.1 Å². The van der Waals surface area contributed by atoms with Crippen molar-refractivity contribution in [1.29, 1.82) is 0 Å². The number of carbonyl (C=O) groups is 3. The highest BCUT2D eigenvalue weighted by Gasteiger charge is 2.31. The molecule has 0 fully saturated rings. The number of hydrogen-bond donors (Lipinski definition) is 4. The zero-order chi connectivity index (χ0) is 15.8. The fourth-order valence-corrected chi connectivity index (χ4v) is 1.34. The fraction of sp³-hybridized carbons (Fsp3) is 0.769. The zero-order valence-electron chi connectivity index (χ0n) is 12.6. The molecule has 0 aliphatic rings. The van der Waals surface area contributed by atoms with Crippen LogP contribution in [0.5, 0.6) is 0 Å². The molecule has 2 atom stereocenters. The van der Waals surface area contributed by atoms with E-state index in [2.05, 4.69) is 16.0 Å². The molecule has 0 saturated heterocycles. The summed E-state index contributed by atoms with van der Waals surface area (Å²) in [5, 5.41) is 16.7. The van der Waals surface area contributed by atoms with Gasteiger partial charge in [0.25, 0.3) is 0 Å². The van der Waals surface area contributed by atoms with Gasteiger partial charge in [-0.15, -0.1) is 0 Å². The highest BCUT2D eigenvalue weighted by Crippen LogP contribution is 2.19. The van der Waals surface area contributed by atoms with Crippen molar-refractivity contribution < 1.29 is 19.5 Å². The molecule has 0 aromatic rings. The molecule has 2 unspecified atom stereocenters. The highest BCUT2D eigenvalue weighted by molar-refractivity contribution is 5.86. The van der Waals surface area contributed by atoms with Crippen molar-refractivity contribution in [2.45, 2.75) is 46.6 Å². The summed E-state index contributed by atoms with van der Waals surface area (Å²) >= 11 is 0. The van der Waals surface area contributed by atoms with Crippen LogP contribution in [0.1, 0.15) is 40.5 Å². The Balaban J connectivity index is 4.23. The van der Waals surface area contributed by atoms with E-state index >= 15 is 0 Å². The van der Waals surface area contributed by atoms with Gasteiger partial charge in [0.15, 0.2) is 0 Å². The van der Waals surface area contributed by atoms with Crippen molar-refractivity contribution in [2.75, 3.05) is 13.1 Å². The van der Waals surface area contributed by atoms with Crippen molar-refractivity contribution in [3.8, 4) is 0 Å². The lowest BCUT2D eigenvalue weighted by Gasteiger charge is -2.24. The molecule has 0 rings (SSSR count). The van der Waals surface area contributed by atoms with E-state index in [1.54, 1.807) is 20.8 Å². The molecular formula is C13H25N3O4. The van der Waals surface area contributed by atoms with Gasteiger partial charge in [-0.3, -0.25) is 9.59 Å². The maximum absolute atomic E-state index is 11.6. The summed E-state index contributed by atoms with van der Waals surface area (Å²) in [7, 11) is 0. The number of hydrogen-bond acceptors (Lipinski definition) is 3. The molecule has 0 aromatic heterocycles. The fourth-order valence-electron chi connectivity index (χ4n) is 1.34. The number of urea groups is 1. The minimum absolute atomic E-state index is 0.00790. The summed E-state index contributed by atoms with van der Waals surface area (Å²) in [6, 6.07) is -1.22. The van der Waals surface area contributed by atoms with E-state index < -0.39 is 23.5 Å². The second kappa shape index (κ2) is 8.39. The Bertz CT molecular complexity index is 360. The Morgan fingerprint density at radius 3 is 2.25 bits per heavy atom. The van der Waals surface area contributed by atoms with Crippen molar-refractivity contribution in [3.05, 3.63) is 0 Å². The quantitative estimate of drug-likeness (QED) is 0.527. The van der Waals surface area contributed by atoms with Crippen molar-refractivity contribution in [2.24, 2.45) is 5.41 Å². The molecule has 3 amide bonds. The topological polar surface area (TPSA) is 108 Å². The number of aliphatic carboxylic acids is 1. The smallest absolute Gasteiger partial charge is 0.315 e. The number of nitrogens with one attached hydrogen (secondary N) is 3. The maximum Gasteiger partial charge on any atom is 0.315 e. The van der Waals surface area contributed by atoms with Crippen LogP contribution in [0.2, 0.25) is 0 Å². The Labute approximate surface area is 119 Å². The van der Waals surface area contributed by atoms with Crippen LogP contribution in [-0.4, -0.2) is 42.1 Å². The largest absolute Gasteiger partial charge is 0.481 e. The van der Waals surface area contributed by atoms with Crippen molar-refractivity contribution in [1.82, 2.24) is 16.0 Å². The minimum atomic E-state index is -1.01. The zero-order valence-corrected chi connectivity index (χ0v) is 12.6. The summed E-state index contributed by atoms with van der Waals surface area (Å²) in [4.78, 5) is 34.3. The summed E-state index contributed by atoms with van der Waals surface area (Å²) in [5.74, 6) is -1.23. The van der Waals surface area contributed by atoms with Gasteiger partial charge in [-0.05, 0) is 26.7 Å². The van der Waals surface area contributed by atoms with Gasteiger partial charge in [0.1, 0.15) is 6.04 Å². The second-order valence-corrected chi connectivity index (χ2v) is 5.06. The third kappa shape index (κ3) is 5.90. The van der Waals surface area contributed by atoms with E-state index in [0.29, 0.717) is 13.0 Å². The maximum atomic E-state index is 11.6. The number of carboxylic acid groups (broad SMARTS) is 1.